The van der Waals surface area contributed by atoms with E-state index < -0.39 is 15.7 Å². The van der Waals surface area contributed by atoms with Gasteiger partial charge in [0.2, 0.25) is 9.84 Å². The molecule has 3 aromatic rings. The Hall–Kier alpha value is -2.51. The van der Waals surface area contributed by atoms with Gasteiger partial charge in [0.1, 0.15) is 5.82 Å². The van der Waals surface area contributed by atoms with Crippen LogP contribution >= 0.6 is 0 Å². The van der Waals surface area contributed by atoms with E-state index in [1.165, 1.54) is 24.4 Å². The van der Waals surface area contributed by atoms with Gasteiger partial charge >= 0.3 is 0 Å². The number of aromatic nitrogens is 1. The first-order valence-corrected chi connectivity index (χ1v) is 9.88. The number of hydrogen-bond donors (Lipinski definition) is 1. The molecule has 1 N–H and O–H groups in total. The third-order valence-electron chi connectivity index (χ3n) is 4.54. The Kier molecular flexibility index (Phi) is 4.34. The van der Waals surface area contributed by atoms with Crippen LogP contribution in [0.3, 0.4) is 0 Å². The largest absolute Gasteiger partial charge is 0.369 e. The number of pyridine rings is 1. The standard InChI is InChI=1S/C19H18FN3O2S/c20-15-2-1-3-17(12-15)26(24,25)18-11-14-10-16(4-5-19(14)22-13-18)23-8-6-21-7-9-23/h1-5,10-13,21H,6-9H2. The molecule has 134 valence electrons. The maximum Gasteiger partial charge on any atom is 0.208 e. The number of nitrogens with one attached hydrogen (secondary N) is 1. The van der Waals surface area contributed by atoms with E-state index in [0.717, 1.165) is 48.8 Å². The van der Waals surface area contributed by atoms with Crippen LogP contribution < -0.4 is 10.2 Å². The third kappa shape index (κ3) is 3.15. The zero-order valence-corrected chi connectivity index (χ0v) is 14.8. The van der Waals surface area contributed by atoms with Gasteiger partial charge in [0.25, 0.3) is 0 Å². The summed E-state index contributed by atoms with van der Waals surface area (Å²) in [6.07, 6.45) is 1.33. The van der Waals surface area contributed by atoms with Gasteiger partial charge in [-0.25, -0.2) is 12.8 Å². The Labute approximate surface area is 151 Å². The molecule has 0 spiro atoms. The summed E-state index contributed by atoms with van der Waals surface area (Å²) in [4.78, 5) is 6.52. The quantitative estimate of drug-likeness (QED) is 0.767. The first kappa shape index (κ1) is 16.9. The zero-order chi connectivity index (χ0) is 18.1. The summed E-state index contributed by atoms with van der Waals surface area (Å²) in [6.45, 7) is 3.65. The second kappa shape index (κ2) is 6.66. The third-order valence-corrected chi connectivity index (χ3v) is 6.26. The van der Waals surface area contributed by atoms with Gasteiger partial charge in [-0.2, -0.15) is 0 Å². The molecule has 1 fully saturated rings. The second-order valence-electron chi connectivity index (χ2n) is 6.25. The van der Waals surface area contributed by atoms with Crippen molar-refractivity contribution in [3.05, 3.63) is 60.5 Å². The van der Waals surface area contributed by atoms with E-state index in [0.29, 0.717) is 0 Å². The van der Waals surface area contributed by atoms with Crippen molar-refractivity contribution < 1.29 is 12.8 Å². The molecule has 0 unspecified atom stereocenters. The molecule has 7 heteroatoms. The van der Waals surface area contributed by atoms with Crippen LogP contribution in [-0.2, 0) is 9.84 Å². The predicted molar refractivity (Wildman–Crippen MR) is 98.7 cm³/mol. The number of fused-ring (bicyclic) bond motifs is 1. The van der Waals surface area contributed by atoms with Crippen molar-refractivity contribution in [2.75, 3.05) is 31.1 Å². The summed E-state index contributed by atoms with van der Waals surface area (Å²) >= 11 is 0. The molecular weight excluding hydrogens is 353 g/mol. The van der Waals surface area contributed by atoms with Crippen molar-refractivity contribution in [2.45, 2.75) is 9.79 Å². The van der Waals surface area contributed by atoms with Crippen molar-refractivity contribution in [3.8, 4) is 0 Å². The molecule has 5 nitrogen and oxygen atoms in total. The van der Waals surface area contributed by atoms with Gasteiger partial charge in [0.15, 0.2) is 0 Å². The lowest BCUT2D eigenvalue weighted by molar-refractivity contribution is 0.589. The highest BCUT2D eigenvalue weighted by atomic mass is 32.2. The van der Waals surface area contributed by atoms with Gasteiger partial charge in [-0.3, -0.25) is 4.98 Å². The van der Waals surface area contributed by atoms with E-state index in [1.807, 2.05) is 18.2 Å². The van der Waals surface area contributed by atoms with Gasteiger partial charge in [-0.15, -0.1) is 0 Å². The number of anilines is 1. The minimum atomic E-state index is -3.82. The van der Waals surface area contributed by atoms with E-state index in [2.05, 4.69) is 15.2 Å². The highest BCUT2D eigenvalue weighted by molar-refractivity contribution is 7.91. The average molecular weight is 371 g/mol. The van der Waals surface area contributed by atoms with E-state index in [4.69, 9.17) is 0 Å². The Balaban J connectivity index is 1.76. The van der Waals surface area contributed by atoms with Crippen LogP contribution in [0.4, 0.5) is 10.1 Å². The predicted octanol–water partition coefficient (Wildman–Crippen LogP) is 2.62. The first-order valence-electron chi connectivity index (χ1n) is 8.40. The molecule has 0 saturated carbocycles. The van der Waals surface area contributed by atoms with E-state index in [-0.39, 0.29) is 9.79 Å². The van der Waals surface area contributed by atoms with E-state index in [9.17, 15) is 12.8 Å². The molecule has 26 heavy (non-hydrogen) atoms. The van der Waals surface area contributed by atoms with Crippen molar-refractivity contribution in [2.24, 2.45) is 0 Å². The van der Waals surface area contributed by atoms with Gasteiger partial charge < -0.3 is 10.2 Å². The SMILES string of the molecule is O=S(=O)(c1cccc(F)c1)c1cnc2ccc(N3CCNCC3)cc2c1. The number of rotatable bonds is 3. The van der Waals surface area contributed by atoms with Crippen LogP contribution in [0.25, 0.3) is 10.9 Å². The smallest absolute Gasteiger partial charge is 0.208 e. The maximum atomic E-state index is 13.4. The summed E-state index contributed by atoms with van der Waals surface area (Å²) in [7, 11) is -3.82. The molecule has 2 heterocycles. The van der Waals surface area contributed by atoms with Crippen LogP contribution in [-0.4, -0.2) is 39.6 Å². The minimum Gasteiger partial charge on any atom is -0.369 e. The monoisotopic (exact) mass is 371 g/mol. The second-order valence-corrected chi connectivity index (χ2v) is 8.20. The van der Waals surface area contributed by atoms with Gasteiger partial charge in [-0.05, 0) is 42.5 Å². The van der Waals surface area contributed by atoms with Crippen LogP contribution in [0.15, 0.2) is 64.5 Å². The Morgan fingerprint density at radius 3 is 2.58 bits per heavy atom. The highest BCUT2D eigenvalue weighted by Crippen LogP contribution is 2.26. The molecule has 0 amide bonds. The lowest BCUT2D eigenvalue weighted by atomic mass is 10.1. The van der Waals surface area contributed by atoms with Gasteiger partial charge in [0.05, 0.1) is 15.3 Å². The fourth-order valence-corrected chi connectivity index (χ4v) is 4.41. The van der Waals surface area contributed by atoms with Crippen molar-refractivity contribution in [1.29, 1.82) is 0 Å². The lowest BCUT2D eigenvalue weighted by Gasteiger charge is -2.29. The molecular formula is C19H18FN3O2S. The summed E-state index contributed by atoms with van der Waals surface area (Å²) in [5.41, 5.74) is 1.77. The van der Waals surface area contributed by atoms with Crippen molar-refractivity contribution >= 4 is 26.4 Å². The number of benzene rings is 2. The average Bonchev–Trinajstić information content (AvgIpc) is 2.68. The molecule has 1 aliphatic rings. The summed E-state index contributed by atoms with van der Waals surface area (Å²) in [5.74, 6) is -0.583. The Morgan fingerprint density at radius 1 is 1.00 bits per heavy atom. The van der Waals surface area contributed by atoms with E-state index >= 15 is 0 Å². The zero-order valence-electron chi connectivity index (χ0n) is 14.0. The number of halogens is 1. The summed E-state index contributed by atoms with van der Waals surface area (Å²) in [6, 6.07) is 12.5. The molecule has 1 saturated heterocycles. The fourth-order valence-electron chi connectivity index (χ4n) is 3.14. The molecule has 1 aliphatic heterocycles. The normalized spacial score (nSPS) is 15.3. The molecule has 1 aromatic heterocycles. The van der Waals surface area contributed by atoms with Crippen LogP contribution in [0.1, 0.15) is 0 Å². The lowest BCUT2D eigenvalue weighted by Crippen LogP contribution is -2.43. The van der Waals surface area contributed by atoms with Crippen LogP contribution in [0.2, 0.25) is 0 Å². The minimum absolute atomic E-state index is 0.0630. The number of hydrogen-bond acceptors (Lipinski definition) is 5. The molecule has 0 bridgehead atoms. The van der Waals surface area contributed by atoms with Crippen molar-refractivity contribution in [3.63, 3.8) is 0 Å². The molecule has 0 atom stereocenters. The van der Waals surface area contributed by atoms with Crippen LogP contribution in [0, 0.1) is 5.82 Å². The highest BCUT2D eigenvalue weighted by Gasteiger charge is 2.19. The topological polar surface area (TPSA) is 62.3 Å². The molecule has 0 radical (unpaired) electrons. The Bertz CT molecular complexity index is 1060. The fraction of sp³-hybridized carbons (Fsp3) is 0.211. The number of nitrogens with zero attached hydrogens (tertiary/aromatic N) is 2. The van der Waals surface area contributed by atoms with E-state index in [1.54, 1.807) is 6.07 Å². The summed E-state index contributed by atoms with van der Waals surface area (Å²) in [5, 5.41) is 4.06. The molecule has 0 aliphatic carbocycles. The molecule has 4 rings (SSSR count). The Morgan fingerprint density at radius 2 is 1.81 bits per heavy atom. The first-order chi connectivity index (χ1) is 12.5. The van der Waals surface area contributed by atoms with Crippen LogP contribution in [0.5, 0.6) is 0 Å². The number of piperazine rings is 1. The van der Waals surface area contributed by atoms with Crippen molar-refractivity contribution in [1.82, 2.24) is 10.3 Å². The summed E-state index contributed by atoms with van der Waals surface area (Å²) < 4.78 is 39.0. The molecule has 2 aromatic carbocycles. The van der Waals surface area contributed by atoms with Gasteiger partial charge in [0, 0.05) is 43.4 Å². The van der Waals surface area contributed by atoms with Gasteiger partial charge in [-0.1, -0.05) is 6.07 Å². The number of sulfone groups is 1. The maximum absolute atomic E-state index is 13.4.